The maximum absolute atomic E-state index is 6.19. The van der Waals surface area contributed by atoms with E-state index in [1.165, 1.54) is 0 Å². The zero-order chi connectivity index (χ0) is 13.1. The van der Waals surface area contributed by atoms with Gasteiger partial charge in [-0.25, -0.2) is 4.98 Å². The van der Waals surface area contributed by atoms with Crippen LogP contribution < -0.4 is 10.2 Å². The molecule has 2 heterocycles. The number of halogens is 1. The SMILES string of the molecule is CCNc1ncc(Cl)c(N2C[C@@H](C)O[C@@H](C)C2)n1. The van der Waals surface area contributed by atoms with Crippen molar-refractivity contribution in [3.63, 3.8) is 0 Å². The first kappa shape index (κ1) is 13.4. The standard InChI is InChI=1S/C12H19ClN4O/c1-4-14-12-15-5-10(13)11(16-12)17-6-8(2)18-9(3)7-17/h5,8-9H,4,6-7H2,1-3H3,(H,14,15,16)/t8-,9+. The molecule has 100 valence electrons. The Morgan fingerprint density at radius 1 is 1.44 bits per heavy atom. The van der Waals surface area contributed by atoms with Gasteiger partial charge in [-0.15, -0.1) is 0 Å². The lowest BCUT2D eigenvalue weighted by atomic mass is 10.2. The van der Waals surface area contributed by atoms with E-state index < -0.39 is 0 Å². The first-order valence-corrected chi connectivity index (χ1v) is 6.64. The molecule has 0 aliphatic carbocycles. The van der Waals surface area contributed by atoms with Gasteiger partial charge in [0.25, 0.3) is 0 Å². The molecule has 0 amide bonds. The molecule has 1 saturated heterocycles. The third kappa shape index (κ3) is 3.03. The first-order valence-electron chi connectivity index (χ1n) is 6.27. The molecular weight excluding hydrogens is 252 g/mol. The van der Waals surface area contributed by atoms with E-state index in [2.05, 4.69) is 34.0 Å². The Kier molecular flexibility index (Phi) is 4.24. The van der Waals surface area contributed by atoms with Crippen LogP contribution in [-0.4, -0.2) is 41.8 Å². The average molecular weight is 271 g/mol. The summed E-state index contributed by atoms with van der Waals surface area (Å²) in [7, 11) is 0. The van der Waals surface area contributed by atoms with Crippen molar-refractivity contribution in [3.8, 4) is 0 Å². The van der Waals surface area contributed by atoms with Crippen LogP contribution in [-0.2, 0) is 4.74 Å². The van der Waals surface area contributed by atoms with Crippen LogP contribution in [0.1, 0.15) is 20.8 Å². The van der Waals surface area contributed by atoms with E-state index in [1.54, 1.807) is 6.20 Å². The van der Waals surface area contributed by atoms with Crippen molar-refractivity contribution >= 4 is 23.4 Å². The van der Waals surface area contributed by atoms with Crippen LogP contribution >= 0.6 is 11.6 Å². The van der Waals surface area contributed by atoms with Gasteiger partial charge in [0.05, 0.1) is 18.4 Å². The zero-order valence-corrected chi connectivity index (χ0v) is 11.7. The molecule has 5 nitrogen and oxygen atoms in total. The molecule has 1 fully saturated rings. The monoisotopic (exact) mass is 270 g/mol. The third-order valence-corrected chi connectivity index (χ3v) is 3.05. The molecule has 0 radical (unpaired) electrons. The van der Waals surface area contributed by atoms with Crippen molar-refractivity contribution in [3.05, 3.63) is 11.2 Å². The maximum Gasteiger partial charge on any atom is 0.224 e. The van der Waals surface area contributed by atoms with Crippen molar-refractivity contribution in [2.75, 3.05) is 29.9 Å². The topological polar surface area (TPSA) is 50.3 Å². The molecule has 0 bridgehead atoms. The summed E-state index contributed by atoms with van der Waals surface area (Å²) in [5, 5.41) is 3.68. The summed E-state index contributed by atoms with van der Waals surface area (Å²) in [5.41, 5.74) is 0. The summed E-state index contributed by atoms with van der Waals surface area (Å²) in [6.45, 7) is 8.51. The smallest absolute Gasteiger partial charge is 0.224 e. The minimum Gasteiger partial charge on any atom is -0.372 e. The lowest BCUT2D eigenvalue weighted by molar-refractivity contribution is -0.00545. The fraction of sp³-hybridized carbons (Fsp3) is 0.667. The second kappa shape index (κ2) is 5.71. The number of nitrogens with one attached hydrogen (secondary N) is 1. The maximum atomic E-state index is 6.19. The van der Waals surface area contributed by atoms with Gasteiger partial charge in [0.1, 0.15) is 5.02 Å². The van der Waals surface area contributed by atoms with Gasteiger partial charge in [0, 0.05) is 19.6 Å². The third-order valence-electron chi connectivity index (χ3n) is 2.78. The van der Waals surface area contributed by atoms with Gasteiger partial charge in [0.15, 0.2) is 5.82 Å². The molecule has 2 rings (SSSR count). The fourth-order valence-corrected chi connectivity index (χ4v) is 2.38. The Morgan fingerprint density at radius 3 is 2.72 bits per heavy atom. The highest BCUT2D eigenvalue weighted by atomic mass is 35.5. The van der Waals surface area contributed by atoms with Gasteiger partial charge in [-0.2, -0.15) is 4.98 Å². The molecule has 2 atom stereocenters. The van der Waals surface area contributed by atoms with Crippen molar-refractivity contribution in [1.29, 1.82) is 0 Å². The molecule has 1 aliphatic heterocycles. The van der Waals surface area contributed by atoms with Crippen LogP contribution in [0.5, 0.6) is 0 Å². The predicted molar refractivity (Wildman–Crippen MR) is 73.4 cm³/mol. The van der Waals surface area contributed by atoms with E-state index in [0.717, 1.165) is 25.5 Å². The lowest BCUT2D eigenvalue weighted by Crippen LogP contribution is -2.46. The minimum atomic E-state index is 0.183. The lowest BCUT2D eigenvalue weighted by Gasteiger charge is -2.36. The predicted octanol–water partition coefficient (Wildman–Crippen LogP) is 2.18. The Labute approximate surface area is 113 Å². The molecule has 1 N–H and O–H groups in total. The number of aromatic nitrogens is 2. The van der Waals surface area contributed by atoms with E-state index in [0.29, 0.717) is 11.0 Å². The molecule has 0 saturated carbocycles. The molecular formula is C12H19ClN4O. The zero-order valence-electron chi connectivity index (χ0n) is 11.0. The van der Waals surface area contributed by atoms with Gasteiger partial charge in [-0.05, 0) is 20.8 Å². The van der Waals surface area contributed by atoms with Gasteiger partial charge < -0.3 is 15.0 Å². The number of morpholine rings is 1. The van der Waals surface area contributed by atoms with Crippen LogP contribution in [0.15, 0.2) is 6.20 Å². The van der Waals surface area contributed by atoms with Crippen molar-refractivity contribution in [2.24, 2.45) is 0 Å². The molecule has 1 aliphatic rings. The van der Waals surface area contributed by atoms with Gasteiger partial charge in [0.2, 0.25) is 5.95 Å². The molecule has 6 heteroatoms. The molecule has 1 aromatic rings. The van der Waals surface area contributed by atoms with Crippen LogP contribution in [0, 0.1) is 0 Å². The Balaban J connectivity index is 2.22. The Morgan fingerprint density at radius 2 is 2.11 bits per heavy atom. The van der Waals surface area contributed by atoms with Crippen LogP contribution in [0.3, 0.4) is 0 Å². The van der Waals surface area contributed by atoms with Crippen LogP contribution in [0.25, 0.3) is 0 Å². The van der Waals surface area contributed by atoms with E-state index in [1.807, 2.05) is 6.92 Å². The molecule has 0 unspecified atom stereocenters. The number of hydrogen-bond acceptors (Lipinski definition) is 5. The van der Waals surface area contributed by atoms with Crippen molar-refractivity contribution in [1.82, 2.24) is 9.97 Å². The summed E-state index contributed by atoms with van der Waals surface area (Å²) in [4.78, 5) is 10.8. The summed E-state index contributed by atoms with van der Waals surface area (Å²) < 4.78 is 5.71. The summed E-state index contributed by atoms with van der Waals surface area (Å²) in [6, 6.07) is 0. The molecule has 0 aromatic carbocycles. The fourth-order valence-electron chi connectivity index (χ4n) is 2.17. The molecule has 0 spiro atoms. The van der Waals surface area contributed by atoms with Gasteiger partial charge >= 0.3 is 0 Å². The summed E-state index contributed by atoms with van der Waals surface area (Å²) in [6.07, 6.45) is 2.01. The highest BCUT2D eigenvalue weighted by Crippen LogP contribution is 2.26. The Bertz CT molecular complexity index is 405. The van der Waals surface area contributed by atoms with E-state index in [4.69, 9.17) is 16.3 Å². The second-order valence-corrected chi connectivity index (χ2v) is 4.96. The number of anilines is 2. The van der Waals surface area contributed by atoms with E-state index in [-0.39, 0.29) is 12.2 Å². The highest BCUT2D eigenvalue weighted by molar-refractivity contribution is 6.32. The second-order valence-electron chi connectivity index (χ2n) is 4.56. The number of rotatable bonds is 3. The first-order chi connectivity index (χ1) is 8.60. The van der Waals surface area contributed by atoms with Crippen LogP contribution in [0.2, 0.25) is 5.02 Å². The highest BCUT2D eigenvalue weighted by Gasteiger charge is 2.25. The molecule has 18 heavy (non-hydrogen) atoms. The number of hydrogen-bond donors (Lipinski definition) is 1. The average Bonchev–Trinajstić information content (AvgIpc) is 2.30. The molecule has 1 aromatic heterocycles. The minimum absolute atomic E-state index is 0.183. The van der Waals surface area contributed by atoms with E-state index >= 15 is 0 Å². The van der Waals surface area contributed by atoms with Crippen molar-refractivity contribution in [2.45, 2.75) is 33.0 Å². The number of nitrogens with zero attached hydrogens (tertiary/aromatic N) is 3. The van der Waals surface area contributed by atoms with E-state index in [9.17, 15) is 0 Å². The van der Waals surface area contributed by atoms with Crippen LogP contribution in [0.4, 0.5) is 11.8 Å². The van der Waals surface area contributed by atoms with Gasteiger partial charge in [-0.1, -0.05) is 11.6 Å². The largest absolute Gasteiger partial charge is 0.372 e. The summed E-state index contributed by atoms with van der Waals surface area (Å²) in [5.74, 6) is 1.40. The van der Waals surface area contributed by atoms with Crippen molar-refractivity contribution < 1.29 is 4.74 Å². The normalized spacial score (nSPS) is 24.1. The Hall–Kier alpha value is -1.07. The summed E-state index contributed by atoms with van der Waals surface area (Å²) >= 11 is 6.19. The number of ether oxygens (including phenoxy) is 1. The van der Waals surface area contributed by atoms with Gasteiger partial charge in [-0.3, -0.25) is 0 Å². The quantitative estimate of drug-likeness (QED) is 0.912.